The van der Waals surface area contributed by atoms with Crippen molar-refractivity contribution in [2.45, 2.75) is 103 Å². The normalized spacial score (nSPS) is 16.3. The molecule has 4 aromatic carbocycles. The van der Waals surface area contributed by atoms with E-state index in [1.54, 1.807) is 96.3 Å². The monoisotopic (exact) mass is 1090 g/mol. The van der Waals surface area contributed by atoms with Crippen molar-refractivity contribution in [1.29, 1.82) is 0 Å². The number of hydrogen-bond donors (Lipinski definition) is 6. The van der Waals surface area contributed by atoms with Crippen LogP contribution >= 0.6 is 0 Å². The molecule has 10 rings (SSSR count). The molecule has 4 aliphatic heterocycles. The quantitative estimate of drug-likeness (QED) is 0.0395. The highest BCUT2D eigenvalue weighted by Crippen LogP contribution is 2.35. The average molecular weight is 1090 g/mol. The number of carbonyl (C=O) groups excluding carboxylic acids is 6. The fraction of sp³-hybridized carbons (Fsp3) is 0.361. The Hall–Kier alpha value is -8.87. The van der Waals surface area contributed by atoms with Crippen molar-refractivity contribution >= 4 is 81.5 Å². The van der Waals surface area contributed by atoms with Gasteiger partial charge < -0.3 is 61.1 Å². The minimum Gasteiger partial charge on any atom is -0.493 e. The Bertz CT molecular complexity index is 3310. The van der Waals surface area contributed by atoms with Crippen LogP contribution in [0.3, 0.4) is 0 Å². The van der Waals surface area contributed by atoms with Gasteiger partial charge in [-0.3, -0.25) is 33.8 Å². The van der Waals surface area contributed by atoms with Crippen LogP contribution < -0.4 is 42.2 Å². The van der Waals surface area contributed by atoms with E-state index in [9.17, 15) is 28.8 Å². The summed E-state index contributed by atoms with van der Waals surface area (Å²) in [5.41, 5.74) is 20.7. The summed E-state index contributed by atoms with van der Waals surface area (Å²) in [4.78, 5) is 85.3. The van der Waals surface area contributed by atoms with E-state index in [2.05, 4.69) is 31.2 Å². The van der Waals surface area contributed by atoms with E-state index in [4.69, 9.17) is 20.9 Å². The minimum atomic E-state index is -0.292. The number of anilines is 6. The van der Waals surface area contributed by atoms with Crippen molar-refractivity contribution in [3.8, 4) is 11.5 Å². The fourth-order valence-corrected chi connectivity index (χ4v) is 10.7. The molecule has 2 saturated heterocycles. The molecule has 6 aromatic rings. The molecule has 6 amide bonds. The maximum atomic E-state index is 13.2. The lowest BCUT2D eigenvalue weighted by atomic mass is 9.97. The van der Waals surface area contributed by atoms with Gasteiger partial charge in [-0.2, -0.15) is 0 Å². The number of amides is 6. The predicted octanol–water partition coefficient (Wildman–Crippen LogP) is 9.58. The summed E-state index contributed by atoms with van der Waals surface area (Å²) in [6.07, 6.45) is 15.1. The van der Waals surface area contributed by atoms with E-state index in [0.717, 1.165) is 86.0 Å². The maximum absolute atomic E-state index is 13.2. The van der Waals surface area contributed by atoms with E-state index in [-0.39, 0.29) is 54.3 Å². The molecule has 80 heavy (non-hydrogen) atoms. The molecule has 19 heteroatoms. The van der Waals surface area contributed by atoms with Crippen molar-refractivity contribution in [1.82, 2.24) is 18.9 Å². The first-order valence-corrected chi connectivity index (χ1v) is 27.5. The van der Waals surface area contributed by atoms with Crippen molar-refractivity contribution in [3.05, 3.63) is 137 Å². The molecule has 0 radical (unpaired) electrons. The van der Waals surface area contributed by atoms with Gasteiger partial charge in [0.15, 0.2) is 0 Å². The molecule has 0 spiro atoms. The van der Waals surface area contributed by atoms with Crippen molar-refractivity contribution < 1.29 is 38.2 Å². The third-order valence-corrected chi connectivity index (χ3v) is 15.0. The maximum Gasteiger partial charge on any atom is 0.272 e. The summed E-state index contributed by atoms with van der Waals surface area (Å²) in [7, 11) is 3.50. The van der Waals surface area contributed by atoms with Crippen LogP contribution in [0.2, 0.25) is 0 Å². The highest BCUT2D eigenvalue weighted by Gasteiger charge is 2.33. The minimum absolute atomic E-state index is 0.0234. The number of aromatic nitrogens is 2. The molecule has 418 valence electrons. The number of fused-ring (bicyclic) bond motifs is 4. The van der Waals surface area contributed by atoms with Gasteiger partial charge in [-0.15, -0.1) is 0 Å². The molecule has 8 N–H and O–H groups in total. The summed E-state index contributed by atoms with van der Waals surface area (Å²) < 4.78 is 15.3. The second kappa shape index (κ2) is 25.3. The number of hydrogen-bond acceptors (Lipinski definition) is 11. The molecular formula is C61H71N11O8. The standard InChI is InChI=1S/C31H37N5O4.C30H34N6O4/c1-20-16-26-21(8-13-25-6-3-4-14-36(25)31(26)39)17-28(20)40-15-5-7-29(37)33-24-18-27(35(2)19-24)30(38)34-23-11-9-22(32)10-12-23;1-19-14-24-25(32-17-23-6-3-4-12-36(23)30(24)39)16-27(19)40-13-5-7-28(37)33-22-15-26(35(2)18-22)29(38)34-21-10-8-20(31)9-11-21/h9-12,16-19,25H,3-8,13-15,32H2,1-2H3,(H,33,37)(H,34,38);8-11,14-18,23H,3-7,12-13,31H2,1-2H3,(H,33,37)(H,34,38)/t25-;23-/m00/s1. The Morgan fingerprint density at radius 1 is 0.588 bits per heavy atom. The second-order valence-corrected chi connectivity index (χ2v) is 21.0. The van der Waals surface area contributed by atoms with Crippen LogP contribution in [0.1, 0.15) is 129 Å². The fourth-order valence-electron chi connectivity index (χ4n) is 10.7. The highest BCUT2D eigenvalue weighted by molar-refractivity contribution is 6.06. The van der Waals surface area contributed by atoms with Crippen LogP contribution in [0.15, 0.2) is 102 Å². The Kier molecular flexibility index (Phi) is 17.7. The van der Waals surface area contributed by atoms with Gasteiger partial charge in [-0.1, -0.05) is 0 Å². The number of benzene rings is 4. The van der Waals surface area contributed by atoms with Crippen LogP contribution in [-0.2, 0) is 30.1 Å². The van der Waals surface area contributed by atoms with Gasteiger partial charge >= 0.3 is 0 Å². The lowest BCUT2D eigenvalue weighted by Crippen LogP contribution is -2.43. The van der Waals surface area contributed by atoms with E-state index in [1.807, 2.05) is 49.2 Å². The van der Waals surface area contributed by atoms with Gasteiger partial charge in [0.25, 0.3) is 23.6 Å². The lowest BCUT2D eigenvalue weighted by Gasteiger charge is -2.34. The largest absolute Gasteiger partial charge is 0.493 e. The van der Waals surface area contributed by atoms with Crippen LogP contribution in [0, 0.1) is 13.8 Å². The Labute approximate surface area is 466 Å². The first-order chi connectivity index (χ1) is 38.6. The molecule has 0 saturated carbocycles. The van der Waals surface area contributed by atoms with Gasteiger partial charge in [0, 0.05) is 99.1 Å². The zero-order chi connectivity index (χ0) is 56.5. The van der Waals surface area contributed by atoms with Crippen LogP contribution in [0.25, 0.3) is 0 Å². The van der Waals surface area contributed by atoms with Crippen LogP contribution in [0.4, 0.5) is 39.8 Å². The topological polar surface area (TPSA) is 250 Å². The molecule has 2 fully saturated rings. The van der Waals surface area contributed by atoms with E-state index >= 15 is 0 Å². The Balaban J connectivity index is 0.000000194. The zero-order valence-electron chi connectivity index (χ0n) is 45.9. The summed E-state index contributed by atoms with van der Waals surface area (Å²) in [5, 5.41) is 11.4. The van der Waals surface area contributed by atoms with Crippen molar-refractivity contribution in [2.24, 2.45) is 19.1 Å². The number of nitrogens with two attached hydrogens (primary N) is 2. The van der Waals surface area contributed by atoms with Crippen LogP contribution in [-0.4, -0.2) is 99.0 Å². The summed E-state index contributed by atoms with van der Waals surface area (Å²) >= 11 is 0. The second-order valence-electron chi connectivity index (χ2n) is 21.0. The molecule has 4 aliphatic rings. The number of carbonyl (C=O) groups is 6. The van der Waals surface area contributed by atoms with Gasteiger partial charge in [0.05, 0.1) is 41.9 Å². The van der Waals surface area contributed by atoms with E-state index in [0.29, 0.717) is 94.6 Å². The summed E-state index contributed by atoms with van der Waals surface area (Å²) in [6.45, 7) is 6.21. The van der Waals surface area contributed by atoms with Gasteiger partial charge in [-0.25, -0.2) is 0 Å². The summed E-state index contributed by atoms with van der Waals surface area (Å²) in [5.74, 6) is 0.695. The predicted molar refractivity (Wildman–Crippen MR) is 311 cm³/mol. The molecular weight excluding hydrogens is 1010 g/mol. The molecule has 19 nitrogen and oxygen atoms in total. The van der Waals surface area contributed by atoms with E-state index in [1.165, 1.54) is 6.42 Å². The molecule has 2 atom stereocenters. The molecule has 0 aliphatic carbocycles. The molecule has 2 aromatic heterocycles. The number of piperidine rings is 2. The average Bonchev–Trinajstić information content (AvgIpc) is 3.98. The van der Waals surface area contributed by atoms with E-state index < -0.39 is 0 Å². The first-order valence-electron chi connectivity index (χ1n) is 27.5. The van der Waals surface area contributed by atoms with Crippen LogP contribution in [0.5, 0.6) is 11.5 Å². The SMILES string of the molecule is Cc1cc2c(cc1OCCCC(=O)Nc1cc(C(=O)Nc3ccc(N)cc3)n(C)c1)CC[C@@H]1CCCCN1C2=O.Cc1cc2c(cc1OCCCC(=O)Nc1cc(C(=O)Nc3ccc(N)cc3)n(C)c1)N=C[C@@H]1CCCCN1C2=O. The number of nitrogens with one attached hydrogen (secondary N) is 4. The zero-order valence-corrected chi connectivity index (χ0v) is 45.9. The van der Waals surface area contributed by atoms with Gasteiger partial charge in [0.1, 0.15) is 22.9 Å². The Morgan fingerprint density at radius 3 is 1.65 bits per heavy atom. The number of ether oxygens (including phenoxy) is 2. The summed E-state index contributed by atoms with van der Waals surface area (Å²) in [6, 6.07) is 25.1. The number of aryl methyl sites for hydroxylation is 5. The third kappa shape index (κ3) is 13.7. The first kappa shape index (κ1) is 55.9. The van der Waals surface area contributed by atoms with Crippen molar-refractivity contribution in [3.63, 3.8) is 0 Å². The number of nitrogens with zero attached hydrogens (tertiary/aromatic N) is 5. The smallest absolute Gasteiger partial charge is 0.272 e. The number of aliphatic imine (C=N–C) groups is 1. The third-order valence-electron chi connectivity index (χ3n) is 15.0. The van der Waals surface area contributed by atoms with Gasteiger partial charge in [-0.05, 0) is 174 Å². The number of nitrogen functional groups attached to an aromatic ring is 2. The molecule has 0 unspecified atom stereocenters. The van der Waals surface area contributed by atoms with Gasteiger partial charge in [0.2, 0.25) is 11.8 Å². The molecule has 0 bridgehead atoms. The van der Waals surface area contributed by atoms with Crippen molar-refractivity contribution in [2.75, 3.05) is 59.0 Å². The number of rotatable bonds is 16. The molecule has 6 heterocycles. The lowest BCUT2D eigenvalue weighted by molar-refractivity contribution is -0.117. The highest BCUT2D eigenvalue weighted by atomic mass is 16.5. The Morgan fingerprint density at radius 2 is 1.09 bits per heavy atom.